The van der Waals surface area contributed by atoms with Crippen molar-refractivity contribution in [1.82, 2.24) is 5.32 Å². The number of hydrogen-bond acceptors (Lipinski definition) is 3. The summed E-state index contributed by atoms with van der Waals surface area (Å²) >= 11 is 0. The molecule has 0 spiro atoms. The molecule has 17 heavy (non-hydrogen) atoms. The first-order valence-electron chi connectivity index (χ1n) is 6.83. The highest BCUT2D eigenvalue weighted by molar-refractivity contribution is 5.79. The van der Waals surface area contributed by atoms with Crippen LogP contribution in [0.4, 0.5) is 0 Å². The van der Waals surface area contributed by atoms with Crippen molar-refractivity contribution in [3.63, 3.8) is 0 Å². The molecule has 1 saturated heterocycles. The Kier molecular flexibility index (Phi) is 5.26. The van der Waals surface area contributed by atoms with Crippen molar-refractivity contribution in [2.75, 3.05) is 26.4 Å². The number of rotatable bonds is 7. The summed E-state index contributed by atoms with van der Waals surface area (Å²) in [6.45, 7) is 3.04. The molecule has 0 aromatic carbocycles. The summed E-state index contributed by atoms with van der Waals surface area (Å²) in [7, 11) is 0. The van der Waals surface area contributed by atoms with Crippen molar-refractivity contribution >= 4 is 5.91 Å². The highest BCUT2D eigenvalue weighted by Crippen LogP contribution is 2.25. The van der Waals surface area contributed by atoms with E-state index in [2.05, 4.69) is 5.32 Å². The standard InChI is InChI=1S/C13H23NO3/c15-13(11-4-1-5-11)14-7-3-8-16-10-12-6-2-9-17-12/h11-12H,1-10H2,(H,14,15). The van der Waals surface area contributed by atoms with Gasteiger partial charge in [0, 0.05) is 25.7 Å². The molecule has 1 aliphatic heterocycles. The molecule has 1 atom stereocenters. The smallest absolute Gasteiger partial charge is 0.223 e. The van der Waals surface area contributed by atoms with E-state index in [4.69, 9.17) is 9.47 Å². The van der Waals surface area contributed by atoms with Crippen molar-refractivity contribution in [2.45, 2.75) is 44.6 Å². The molecule has 4 heteroatoms. The van der Waals surface area contributed by atoms with Crippen LogP contribution in [-0.2, 0) is 14.3 Å². The van der Waals surface area contributed by atoms with Gasteiger partial charge in [-0.1, -0.05) is 6.42 Å². The second kappa shape index (κ2) is 6.97. The molecule has 4 nitrogen and oxygen atoms in total. The molecule has 0 radical (unpaired) electrons. The van der Waals surface area contributed by atoms with Gasteiger partial charge in [0.15, 0.2) is 0 Å². The van der Waals surface area contributed by atoms with Crippen molar-refractivity contribution in [3.8, 4) is 0 Å². The van der Waals surface area contributed by atoms with E-state index in [1.807, 2.05) is 0 Å². The van der Waals surface area contributed by atoms with E-state index < -0.39 is 0 Å². The summed E-state index contributed by atoms with van der Waals surface area (Å²) in [6.07, 6.45) is 6.83. The minimum Gasteiger partial charge on any atom is -0.379 e. The normalized spacial score (nSPS) is 24.6. The predicted octanol–water partition coefficient (Wildman–Crippen LogP) is 1.49. The van der Waals surface area contributed by atoms with Gasteiger partial charge in [0.2, 0.25) is 5.91 Å². The SMILES string of the molecule is O=C(NCCCOCC1CCCO1)C1CCC1. The Balaban J connectivity index is 1.39. The maximum atomic E-state index is 11.5. The molecule has 0 aromatic heterocycles. The first-order chi connectivity index (χ1) is 8.36. The Morgan fingerprint density at radius 3 is 2.82 bits per heavy atom. The van der Waals surface area contributed by atoms with Crippen LogP contribution in [0.1, 0.15) is 38.5 Å². The molecule has 1 unspecified atom stereocenters. The molecule has 0 aromatic rings. The second-order valence-corrected chi connectivity index (χ2v) is 4.98. The zero-order valence-corrected chi connectivity index (χ0v) is 10.5. The zero-order chi connectivity index (χ0) is 11.9. The average molecular weight is 241 g/mol. The molecule has 2 fully saturated rings. The van der Waals surface area contributed by atoms with Crippen molar-refractivity contribution in [1.29, 1.82) is 0 Å². The lowest BCUT2D eigenvalue weighted by atomic mass is 9.85. The highest BCUT2D eigenvalue weighted by atomic mass is 16.5. The van der Waals surface area contributed by atoms with Crippen LogP contribution in [0.3, 0.4) is 0 Å². The Labute approximate surface area is 103 Å². The molecule has 1 N–H and O–H groups in total. The zero-order valence-electron chi connectivity index (χ0n) is 10.5. The van der Waals surface area contributed by atoms with Gasteiger partial charge in [0.05, 0.1) is 12.7 Å². The van der Waals surface area contributed by atoms with Crippen LogP contribution in [0.15, 0.2) is 0 Å². The third-order valence-corrected chi connectivity index (χ3v) is 3.57. The predicted molar refractivity (Wildman–Crippen MR) is 64.8 cm³/mol. The van der Waals surface area contributed by atoms with Crippen LogP contribution in [0, 0.1) is 5.92 Å². The van der Waals surface area contributed by atoms with E-state index in [0.717, 1.165) is 45.3 Å². The molecule has 0 bridgehead atoms. The second-order valence-electron chi connectivity index (χ2n) is 4.98. The summed E-state index contributed by atoms with van der Waals surface area (Å²) in [4.78, 5) is 11.5. The first-order valence-corrected chi connectivity index (χ1v) is 6.83. The number of carbonyl (C=O) groups is 1. The molecule has 2 rings (SSSR count). The van der Waals surface area contributed by atoms with Crippen LogP contribution in [0.2, 0.25) is 0 Å². The maximum absolute atomic E-state index is 11.5. The molecular weight excluding hydrogens is 218 g/mol. The molecule has 1 amide bonds. The van der Waals surface area contributed by atoms with E-state index in [-0.39, 0.29) is 5.91 Å². The third kappa shape index (κ3) is 4.28. The lowest BCUT2D eigenvalue weighted by molar-refractivity contribution is -0.127. The lowest BCUT2D eigenvalue weighted by Gasteiger charge is -2.24. The first kappa shape index (κ1) is 12.8. The number of ether oxygens (including phenoxy) is 2. The van der Waals surface area contributed by atoms with Gasteiger partial charge in [-0.15, -0.1) is 0 Å². The largest absolute Gasteiger partial charge is 0.379 e. The Hall–Kier alpha value is -0.610. The van der Waals surface area contributed by atoms with Crippen LogP contribution in [-0.4, -0.2) is 38.4 Å². The maximum Gasteiger partial charge on any atom is 0.223 e. The molecule has 1 saturated carbocycles. The van der Waals surface area contributed by atoms with Crippen molar-refractivity contribution in [3.05, 3.63) is 0 Å². The number of amides is 1. The fraction of sp³-hybridized carbons (Fsp3) is 0.923. The average Bonchev–Trinajstić information content (AvgIpc) is 2.73. The van der Waals surface area contributed by atoms with Gasteiger partial charge >= 0.3 is 0 Å². The van der Waals surface area contributed by atoms with E-state index in [1.165, 1.54) is 6.42 Å². The highest BCUT2D eigenvalue weighted by Gasteiger charge is 2.24. The van der Waals surface area contributed by atoms with Gasteiger partial charge in [-0.2, -0.15) is 0 Å². The molecule has 1 heterocycles. The van der Waals surface area contributed by atoms with E-state index in [1.54, 1.807) is 0 Å². The van der Waals surface area contributed by atoms with Gasteiger partial charge in [-0.05, 0) is 32.1 Å². The van der Waals surface area contributed by atoms with Gasteiger partial charge in [0.25, 0.3) is 0 Å². The van der Waals surface area contributed by atoms with Crippen molar-refractivity contribution in [2.24, 2.45) is 5.92 Å². The van der Waals surface area contributed by atoms with Gasteiger partial charge in [-0.25, -0.2) is 0 Å². The monoisotopic (exact) mass is 241 g/mol. The number of hydrogen-bond donors (Lipinski definition) is 1. The van der Waals surface area contributed by atoms with Crippen LogP contribution >= 0.6 is 0 Å². The Morgan fingerprint density at radius 1 is 1.29 bits per heavy atom. The summed E-state index contributed by atoms with van der Waals surface area (Å²) in [5.41, 5.74) is 0. The minimum absolute atomic E-state index is 0.232. The van der Waals surface area contributed by atoms with Crippen molar-refractivity contribution < 1.29 is 14.3 Å². The molecular formula is C13H23NO3. The fourth-order valence-corrected chi connectivity index (χ4v) is 2.19. The lowest BCUT2D eigenvalue weighted by Crippen LogP contribution is -2.35. The Bertz CT molecular complexity index is 235. The number of carbonyl (C=O) groups excluding carboxylic acids is 1. The quantitative estimate of drug-likeness (QED) is 0.687. The van der Waals surface area contributed by atoms with E-state index >= 15 is 0 Å². The number of nitrogens with one attached hydrogen (secondary N) is 1. The van der Waals surface area contributed by atoms with Gasteiger partial charge < -0.3 is 14.8 Å². The summed E-state index contributed by atoms with van der Waals surface area (Å²) < 4.78 is 11.0. The third-order valence-electron chi connectivity index (χ3n) is 3.57. The Morgan fingerprint density at radius 2 is 2.18 bits per heavy atom. The summed E-state index contributed by atoms with van der Waals surface area (Å²) in [5.74, 6) is 0.526. The van der Waals surface area contributed by atoms with E-state index in [9.17, 15) is 4.79 Å². The fourth-order valence-electron chi connectivity index (χ4n) is 2.19. The van der Waals surface area contributed by atoms with Crippen LogP contribution < -0.4 is 5.32 Å². The summed E-state index contributed by atoms with van der Waals surface area (Å²) in [6, 6.07) is 0. The van der Waals surface area contributed by atoms with Crippen LogP contribution in [0.25, 0.3) is 0 Å². The minimum atomic E-state index is 0.232. The van der Waals surface area contributed by atoms with Crippen LogP contribution in [0.5, 0.6) is 0 Å². The molecule has 98 valence electrons. The van der Waals surface area contributed by atoms with Gasteiger partial charge in [-0.3, -0.25) is 4.79 Å². The molecule has 2 aliphatic rings. The van der Waals surface area contributed by atoms with E-state index in [0.29, 0.717) is 25.2 Å². The topological polar surface area (TPSA) is 47.6 Å². The summed E-state index contributed by atoms with van der Waals surface area (Å²) in [5, 5.41) is 2.96. The molecule has 1 aliphatic carbocycles. The van der Waals surface area contributed by atoms with Gasteiger partial charge in [0.1, 0.15) is 0 Å².